The number of halogens is 1. The molecule has 0 bridgehead atoms. The lowest BCUT2D eigenvalue weighted by atomic mass is 10.1. The number of likely N-dealkylation sites (N-methyl/N-ethyl adjacent to an activating group) is 1. The summed E-state index contributed by atoms with van der Waals surface area (Å²) >= 11 is 0. The van der Waals surface area contributed by atoms with Gasteiger partial charge in [0.1, 0.15) is 12.6 Å². The molecule has 0 aliphatic carbocycles. The maximum atomic E-state index is 11.1. The van der Waals surface area contributed by atoms with Gasteiger partial charge in [0.15, 0.2) is 0 Å². The molecule has 1 atom stereocenters. The molecule has 0 fully saturated rings. The number of hydrogen-bond acceptors (Lipinski definition) is 3. The quantitative estimate of drug-likeness (QED) is 0.252. The van der Waals surface area contributed by atoms with Crippen molar-refractivity contribution in [3.05, 3.63) is 12.2 Å². The fourth-order valence-corrected chi connectivity index (χ4v) is 1.49. The molecule has 108 valence electrons. The molecule has 1 N–H and O–H groups in total. The van der Waals surface area contributed by atoms with Gasteiger partial charge in [-0.05, 0) is 26.2 Å². The van der Waals surface area contributed by atoms with E-state index in [-0.39, 0.29) is 29.1 Å². The van der Waals surface area contributed by atoms with Crippen molar-refractivity contribution < 1.29 is 36.1 Å². The summed E-state index contributed by atoms with van der Waals surface area (Å²) in [4.78, 5) is 11.1. The summed E-state index contributed by atoms with van der Waals surface area (Å²) < 4.78 is 5.72. The summed E-state index contributed by atoms with van der Waals surface area (Å²) in [6, 6.07) is 0. The number of unbranched alkanes of at least 4 members (excludes halogenated alkanes) is 1. The van der Waals surface area contributed by atoms with Crippen molar-refractivity contribution in [3.8, 4) is 0 Å². The second kappa shape index (κ2) is 9.53. The van der Waals surface area contributed by atoms with Gasteiger partial charge in [0.2, 0.25) is 0 Å². The third-order valence-corrected chi connectivity index (χ3v) is 2.27. The Bertz CT molecular complexity index is 261. The first kappa shape index (κ1) is 19.9. The predicted molar refractivity (Wildman–Crippen MR) is 68.5 cm³/mol. The highest BCUT2D eigenvalue weighted by atomic mass is 79.9. The molecule has 0 heterocycles. The van der Waals surface area contributed by atoms with E-state index in [0.29, 0.717) is 12.2 Å². The second-order valence-electron chi connectivity index (χ2n) is 5.54. The van der Waals surface area contributed by atoms with Gasteiger partial charge in [-0.2, -0.15) is 0 Å². The Hall–Kier alpha value is -0.390. The molecule has 0 aromatic rings. The minimum atomic E-state index is -0.336. The van der Waals surface area contributed by atoms with E-state index in [2.05, 4.69) is 27.7 Å². The number of nitrogens with zero attached hydrogens (tertiary/aromatic N) is 1. The maximum absolute atomic E-state index is 11.1. The van der Waals surface area contributed by atoms with E-state index < -0.39 is 0 Å². The topological polar surface area (TPSA) is 46.5 Å². The highest BCUT2D eigenvalue weighted by molar-refractivity contribution is 5.86. The molecule has 0 amide bonds. The van der Waals surface area contributed by atoms with Gasteiger partial charge in [-0.25, -0.2) is 4.79 Å². The molecule has 0 rings (SSSR count). The van der Waals surface area contributed by atoms with Crippen LogP contribution in [0.1, 0.15) is 26.2 Å². The zero-order valence-electron chi connectivity index (χ0n) is 11.9. The van der Waals surface area contributed by atoms with Crippen LogP contribution in [0.4, 0.5) is 0 Å². The Morgan fingerprint density at radius 2 is 1.89 bits per heavy atom. The van der Waals surface area contributed by atoms with Crippen molar-refractivity contribution in [1.29, 1.82) is 0 Å². The number of aliphatic hydroxyl groups excluding tert-OH is 1. The van der Waals surface area contributed by atoms with Crippen molar-refractivity contribution in [1.82, 2.24) is 0 Å². The lowest BCUT2D eigenvalue weighted by Gasteiger charge is -2.26. The molecule has 0 aliphatic heterocycles. The van der Waals surface area contributed by atoms with E-state index in [1.165, 1.54) is 0 Å². The number of ether oxygens (including phenoxy) is 1. The number of quaternary nitrogens is 1. The van der Waals surface area contributed by atoms with E-state index in [9.17, 15) is 9.90 Å². The summed E-state index contributed by atoms with van der Waals surface area (Å²) in [5.74, 6) is -0.336. The van der Waals surface area contributed by atoms with Crippen LogP contribution < -0.4 is 17.0 Å². The maximum Gasteiger partial charge on any atom is 0.333 e. The second-order valence-corrected chi connectivity index (χ2v) is 5.54. The number of carbonyl (C=O) groups excluding carboxylic acids is 1. The Balaban J connectivity index is 0. The van der Waals surface area contributed by atoms with Gasteiger partial charge in [-0.3, -0.25) is 0 Å². The summed E-state index contributed by atoms with van der Waals surface area (Å²) in [5.41, 5.74) is 0.426. The first-order chi connectivity index (χ1) is 7.72. The Kier molecular flexibility index (Phi) is 10.6. The molecule has 0 saturated carbocycles. The fraction of sp³-hybridized carbons (Fsp3) is 0.769. The van der Waals surface area contributed by atoms with Crippen molar-refractivity contribution in [3.63, 3.8) is 0 Å². The fourth-order valence-electron chi connectivity index (χ4n) is 1.49. The lowest BCUT2D eigenvalue weighted by molar-refractivity contribution is -0.873. The van der Waals surface area contributed by atoms with Crippen LogP contribution in [0.2, 0.25) is 0 Å². The molecule has 0 aliphatic rings. The van der Waals surface area contributed by atoms with E-state index in [1.807, 2.05) is 0 Å². The molecule has 0 aromatic carbocycles. The molecule has 0 aromatic heterocycles. The predicted octanol–water partition coefficient (Wildman–Crippen LogP) is -1.65. The van der Waals surface area contributed by atoms with E-state index in [0.717, 1.165) is 30.3 Å². The molecule has 4 nitrogen and oxygen atoms in total. The first-order valence-corrected chi connectivity index (χ1v) is 6.03. The molecule has 5 heteroatoms. The number of hydrogen-bond donors (Lipinski definition) is 1. The number of aliphatic hydroxyl groups is 1. The Morgan fingerprint density at radius 3 is 2.33 bits per heavy atom. The van der Waals surface area contributed by atoms with Crippen LogP contribution >= 0.6 is 0 Å². The van der Waals surface area contributed by atoms with Gasteiger partial charge < -0.3 is 31.3 Å². The Labute approximate surface area is 121 Å². The van der Waals surface area contributed by atoms with Gasteiger partial charge in [0.05, 0.1) is 27.7 Å². The molecule has 0 radical (unpaired) electrons. The van der Waals surface area contributed by atoms with Crippen LogP contribution in [0.3, 0.4) is 0 Å². The number of esters is 1. The SMILES string of the molecule is C=C(C)C(=O)OCCCCC(O)C[N+](C)(C)C.[Br-]. The minimum Gasteiger partial charge on any atom is -1.00 e. The van der Waals surface area contributed by atoms with E-state index >= 15 is 0 Å². The zero-order valence-corrected chi connectivity index (χ0v) is 13.5. The van der Waals surface area contributed by atoms with Crippen molar-refractivity contribution in [2.75, 3.05) is 34.3 Å². The molecular formula is C13H26BrNO3. The normalized spacial score (nSPS) is 12.5. The number of rotatable bonds is 8. The highest BCUT2D eigenvalue weighted by Gasteiger charge is 2.14. The largest absolute Gasteiger partial charge is 1.00 e. The van der Waals surface area contributed by atoms with Crippen LogP contribution in [0.5, 0.6) is 0 Å². The number of carbonyl (C=O) groups is 1. The molecular weight excluding hydrogens is 298 g/mol. The minimum absolute atomic E-state index is 0. The monoisotopic (exact) mass is 323 g/mol. The van der Waals surface area contributed by atoms with Gasteiger partial charge in [-0.15, -0.1) is 0 Å². The third kappa shape index (κ3) is 12.1. The third-order valence-electron chi connectivity index (χ3n) is 2.27. The van der Waals surface area contributed by atoms with Crippen LogP contribution in [0, 0.1) is 0 Å². The molecule has 0 saturated heterocycles. The van der Waals surface area contributed by atoms with Gasteiger partial charge in [0, 0.05) is 5.57 Å². The van der Waals surface area contributed by atoms with Crippen LogP contribution in [0.25, 0.3) is 0 Å². The van der Waals surface area contributed by atoms with Gasteiger partial charge >= 0.3 is 5.97 Å². The average molecular weight is 324 g/mol. The summed E-state index contributed by atoms with van der Waals surface area (Å²) in [7, 11) is 6.16. The molecule has 18 heavy (non-hydrogen) atoms. The Morgan fingerprint density at radius 1 is 1.33 bits per heavy atom. The highest BCUT2D eigenvalue weighted by Crippen LogP contribution is 2.05. The standard InChI is InChI=1S/C13H26NO3.BrH/c1-11(2)13(16)17-9-7-6-8-12(15)10-14(3,4)5;/h12,15H,1,6-10H2,2-5H3;1H/q+1;/p-1. The molecule has 0 spiro atoms. The van der Waals surface area contributed by atoms with Gasteiger partial charge in [-0.1, -0.05) is 6.58 Å². The smallest absolute Gasteiger partial charge is 0.333 e. The van der Waals surface area contributed by atoms with Gasteiger partial charge in [0.25, 0.3) is 0 Å². The van der Waals surface area contributed by atoms with Crippen LogP contribution in [-0.4, -0.2) is 56.0 Å². The van der Waals surface area contributed by atoms with Crippen molar-refractivity contribution >= 4 is 5.97 Å². The van der Waals surface area contributed by atoms with Crippen LogP contribution in [-0.2, 0) is 9.53 Å². The van der Waals surface area contributed by atoms with Crippen molar-refractivity contribution in [2.24, 2.45) is 0 Å². The average Bonchev–Trinajstić information content (AvgIpc) is 2.13. The summed E-state index contributed by atoms with van der Waals surface area (Å²) in [6.07, 6.45) is 2.12. The first-order valence-electron chi connectivity index (χ1n) is 6.03. The van der Waals surface area contributed by atoms with E-state index in [1.54, 1.807) is 6.92 Å². The zero-order chi connectivity index (χ0) is 13.5. The van der Waals surface area contributed by atoms with Crippen molar-refractivity contribution in [2.45, 2.75) is 32.3 Å². The van der Waals surface area contributed by atoms with Crippen LogP contribution in [0.15, 0.2) is 12.2 Å². The lowest BCUT2D eigenvalue weighted by Crippen LogP contribution is -3.00. The summed E-state index contributed by atoms with van der Waals surface area (Å²) in [6.45, 7) is 6.29. The molecule has 1 unspecified atom stereocenters. The summed E-state index contributed by atoms with van der Waals surface area (Å²) in [5, 5.41) is 9.74. The van der Waals surface area contributed by atoms with E-state index in [4.69, 9.17) is 4.74 Å².